The van der Waals surface area contributed by atoms with E-state index in [1.54, 1.807) is 12.1 Å². The van der Waals surface area contributed by atoms with Crippen molar-refractivity contribution in [2.75, 3.05) is 13.1 Å². The topological polar surface area (TPSA) is 75.4 Å². The first-order chi connectivity index (χ1) is 11.3. The molecule has 1 aliphatic rings. The molecule has 0 aliphatic carbocycles. The Hall–Kier alpha value is -1.30. The second kappa shape index (κ2) is 8.19. The van der Waals surface area contributed by atoms with E-state index in [1.807, 2.05) is 19.9 Å². The zero-order valence-corrected chi connectivity index (χ0v) is 15.4. The molecule has 1 aromatic carbocycles. The lowest BCUT2D eigenvalue weighted by Crippen LogP contribution is -2.49. The molecule has 2 amide bonds. The van der Waals surface area contributed by atoms with E-state index in [9.17, 15) is 9.59 Å². The maximum Gasteiger partial charge on any atom is 0.237 e. The van der Waals surface area contributed by atoms with Crippen LogP contribution < -0.4 is 11.1 Å². The summed E-state index contributed by atoms with van der Waals surface area (Å²) in [5.41, 5.74) is 6.17. The van der Waals surface area contributed by atoms with Crippen LogP contribution in [0.1, 0.15) is 38.3 Å². The molecule has 0 saturated carbocycles. The second-order valence-corrected chi connectivity index (χ2v) is 7.13. The molecule has 0 aromatic heterocycles. The quantitative estimate of drug-likeness (QED) is 0.835. The maximum absolute atomic E-state index is 12.5. The summed E-state index contributed by atoms with van der Waals surface area (Å²) in [6.07, 6.45) is 1.40. The van der Waals surface area contributed by atoms with Gasteiger partial charge in [-0.3, -0.25) is 14.5 Å². The number of primary amides is 1. The number of nitrogens with zero attached hydrogens (tertiary/aromatic N) is 1. The van der Waals surface area contributed by atoms with Crippen LogP contribution in [0.3, 0.4) is 0 Å². The Morgan fingerprint density at radius 1 is 1.25 bits per heavy atom. The smallest absolute Gasteiger partial charge is 0.237 e. The van der Waals surface area contributed by atoms with Gasteiger partial charge in [0, 0.05) is 16.0 Å². The number of hydrogen-bond donors (Lipinski definition) is 2. The Bertz CT molecular complexity index is 616. The van der Waals surface area contributed by atoms with Gasteiger partial charge in [0.1, 0.15) is 0 Å². The van der Waals surface area contributed by atoms with Gasteiger partial charge in [-0.25, -0.2) is 0 Å². The third-order valence-electron chi connectivity index (χ3n) is 4.65. The number of rotatable bonds is 5. The molecule has 1 aliphatic heterocycles. The van der Waals surface area contributed by atoms with Crippen molar-refractivity contribution < 1.29 is 9.59 Å². The lowest BCUT2D eigenvalue weighted by molar-refractivity contribution is -0.128. The number of halogens is 2. The number of carbonyl (C=O) groups is 2. The van der Waals surface area contributed by atoms with Crippen LogP contribution in [0.15, 0.2) is 18.2 Å². The average Bonchev–Trinajstić information content (AvgIpc) is 2.53. The summed E-state index contributed by atoms with van der Waals surface area (Å²) in [6.45, 7) is 5.14. The molecule has 1 heterocycles. The van der Waals surface area contributed by atoms with E-state index in [0.717, 1.165) is 5.56 Å². The lowest BCUT2D eigenvalue weighted by atomic mass is 9.95. The number of amides is 2. The van der Waals surface area contributed by atoms with Gasteiger partial charge in [0.2, 0.25) is 11.8 Å². The number of carbonyl (C=O) groups excluding carboxylic acids is 2. The molecule has 0 spiro atoms. The normalized spacial score (nSPS) is 18.8. The maximum atomic E-state index is 12.5. The molecule has 1 aromatic rings. The second-order valence-electron chi connectivity index (χ2n) is 6.28. The molecule has 7 heteroatoms. The molecule has 3 N–H and O–H groups in total. The largest absolute Gasteiger partial charge is 0.369 e. The van der Waals surface area contributed by atoms with Crippen molar-refractivity contribution in [1.82, 2.24) is 10.2 Å². The van der Waals surface area contributed by atoms with Gasteiger partial charge in [-0.15, -0.1) is 0 Å². The lowest BCUT2D eigenvalue weighted by Gasteiger charge is -2.34. The van der Waals surface area contributed by atoms with Crippen LogP contribution in [-0.2, 0) is 9.59 Å². The van der Waals surface area contributed by atoms with E-state index in [1.165, 1.54) is 0 Å². The summed E-state index contributed by atoms with van der Waals surface area (Å²) in [5.74, 6) is -0.396. The fourth-order valence-electron chi connectivity index (χ4n) is 3.00. The van der Waals surface area contributed by atoms with Crippen molar-refractivity contribution in [3.63, 3.8) is 0 Å². The molecule has 24 heavy (non-hydrogen) atoms. The molecule has 2 rings (SSSR count). The minimum Gasteiger partial charge on any atom is -0.369 e. The van der Waals surface area contributed by atoms with E-state index in [-0.39, 0.29) is 29.8 Å². The Morgan fingerprint density at radius 3 is 2.42 bits per heavy atom. The Labute approximate surface area is 152 Å². The first-order valence-corrected chi connectivity index (χ1v) is 8.84. The predicted octanol–water partition coefficient (Wildman–Crippen LogP) is 2.76. The van der Waals surface area contributed by atoms with Crippen LogP contribution in [0.25, 0.3) is 0 Å². The number of hydrogen-bond acceptors (Lipinski definition) is 3. The molecule has 132 valence electrons. The van der Waals surface area contributed by atoms with Gasteiger partial charge in [0.25, 0.3) is 0 Å². The number of likely N-dealkylation sites (tertiary alicyclic amines) is 1. The van der Waals surface area contributed by atoms with Gasteiger partial charge in [-0.2, -0.15) is 0 Å². The zero-order valence-electron chi connectivity index (χ0n) is 13.9. The van der Waals surface area contributed by atoms with Crippen LogP contribution in [-0.4, -0.2) is 35.8 Å². The van der Waals surface area contributed by atoms with Crippen molar-refractivity contribution in [3.8, 4) is 0 Å². The van der Waals surface area contributed by atoms with Gasteiger partial charge in [-0.1, -0.05) is 29.3 Å². The molecule has 1 fully saturated rings. The number of piperidine rings is 1. The van der Waals surface area contributed by atoms with Crippen LogP contribution in [0.4, 0.5) is 0 Å². The standard InChI is InChI=1S/C17H23Cl2N3O2/c1-10(14-4-3-13(18)9-15(14)19)21-17(24)11(2)22-7-5-12(6-8-22)16(20)23/h3-4,9-12H,5-8H2,1-2H3,(H2,20,23)(H,21,24). The van der Waals surface area contributed by atoms with Crippen LogP contribution >= 0.6 is 23.2 Å². The zero-order chi connectivity index (χ0) is 17.9. The Morgan fingerprint density at radius 2 is 1.88 bits per heavy atom. The fourth-order valence-corrected chi connectivity index (χ4v) is 3.57. The van der Waals surface area contributed by atoms with Crippen molar-refractivity contribution in [2.24, 2.45) is 11.7 Å². The molecule has 2 unspecified atom stereocenters. The third kappa shape index (κ3) is 4.62. The van der Waals surface area contributed by atoms with Crippen LogP contribution in [0, 0.1) is 5.92 Å². The molecular formula is C17H23Cl2N3O2. The van der Waals surface area contributed by atoms with Gasteiger partial charge >= 0.3 is 0 Å². The number of nitrogens with two attached hydrogens (primary N) is 1. The van der Waals surface area contributed by atoms with Crippen molar-refractivity contribution in [2.45, 2.75) is 38.8 Å². The van der Waals surface area contributed by atoms with Gasteiger partial charge < -0.3 is 11.1 Å². The summed E-state index contributed by atoms with van der Waals surface area (Å²) < 4.78 is 0. The number of benzene rings is 1. The summed E-state index contributed by atoms with van der Waals surface area (Å²) >= 11 is 12.1. The van der Waals surface area contributed by atoms with Crippen molar-refractivity contribution >= 4 is 35.0 Å². The van der Waals surface area contributed by atoms with Gasteiger partial charge in [0.05, 0.1) is 12.1 Å². The monoisotopic (exact) mass is 371 g/mol. The number of nitrogens with one attached hydrogen (secondary N) is 1. The van der Waals surface area contributed by atoms with E-state index < -0.39 is 0 Å². The van der Waals surface area contributed by atoms with Crippen LogP contribution in [0.5, 0.6) is 0 Å². The highest BCUT2D eigenvalue weighted by Gasteiger charge is 2.29. The van der Waals surface area contributed by atoms with E-state index >= 15 is 0 Å². The summed E-state index contributed by atoms with van der Waals surface area (Å²) in [4.78, 5) is 25.8. The van der Waals surface area contributed by atoms with E-state index in [4.69, 9.17) is 28.9 Å². The summed E-state index contributed by atoms with van der Waals surface area (Å²) in [6, 6.07) is 4.75. The van der Waals surface area contributed by atoms with E-state index in [0.29, 0.717) is 36.0 Å². The Kier molecular flexibility index (Phi) is 6.49. The minimum atomic E-state index is -0.271. The summed E-state index contributed by atoms with van der Waals surface area (Å²) in [5, 5.41) is 4.08. The SMILES string of the molecule is CC(NC(=O)C(C)N1CCC(C(N)=O)CC1)c1ccc(Cl)cc1Cl. The molecule has 5 nitrogen and oxygen atoms in total. The first kappa shape index (κ1) is 19.0. The van der Waals surface area contributed by atoms with Crippen molar-refractivity contribution in [3.05, 3.63) is 33.8 Å². The molecule has 1 saturated heterocycles. The fraction of sp³-hybridized carbons (Fsp3) is 0.529. The highest BCUT2D eigenvalue weighted by atomic mass is 35.5. The highest BCUT2D eigenvalue weighted by molar-refractivity contribution is 6.35. The summed E-state index contributed by atoms with van der Waals surface area (Å²) in [7, 11) is 0. The highest BCUT2D eigenvalue weighted by Crippen LogP contribution is 2.26. The van der Waals surface area contributed by atoms with Crippen molar-refractivity contribution in [1.29, 1.82) is 0 Å². The van der Waals surface area contributed by atoms with Gasteiger partial charge in [-0.05, 0) is 57.5 Å². The third-order valence-corrected chi connectivity index (χ3v) is 5.21. The minimum absolute atomic E-state index is 0.0639. The predicted molar refractivity (Wildman–Crippen MR) is 96.0 cm³/mol. The molecule has 0 bridgehead atoms. The Balaban J connectivity index is 1.93. The van der Waals surface area contributed by atoms with Gasteiger partial charge in [0.15, 0.2) is 0 Å². The van der Waals surface area contributed by atoms with Crippen LogP contribution in [0.2, 0.25) is 10.0 Å². The molecular weight excluding hydrogens is 349 g/mol. The average molecular weight is 372 g/mol. The molecule has 0 radical (unpaired) electrons. The molecule has 2 atom stereocenters. The first-order valence-electron chi connectivity index (χ1n) is 8.08. The van der Waals surface area contributed by atoms with E-state index in [2.05, 4.69) is 10.2 Å².